The number of hydrogen-bond donors (Lipinski definition) is 2. The van der Waals surface area contributed by atoms with E-state index in [4.69, 9.17) is 9.47 Å². The Kier molecular flexibility index (Phi) is 7.07. The van der Waals surface area contributed by atoms with Crippen LogP contribution in [0.3, 0.4) is 0 Å². The lowest BCUT2D eigenvalue weighted by atomic mass is 10.0. The summed E-state index contributed by atoms with van der Waals surface area (Å²) in [5, 5.41) is 6.62. The summed E-state index contributed by atoms with van der Waals surface area (Å²) in [7, 11) is 3.43. The van der Waals surface area contributed by atoms with Crippen LogP contribution in [-0.2, 0) is 0 Å². The van der Waals surface area contributed by atoms with Gasteiger partial charge in [-0.05, 0) is 32.0 Å². The zero-order valence-corrected chi connectivity index (χ0v) is 15.2. The van der Waals surface area contributed by atoms with Crippen LogP contribution in [-0.4, -0.2) is 38.3 Å². The van der Waals surface area contributed by atoms with Crippen LogP contribution in [0.15, 0.2) is 47.7 Å². The van der Waals surface area contributed by atoms with Crippen LogP contribution in [0.1, 0.15) is 24.1 Å². The number of guanidine groups is 1. The molecule has 0 aliphatic rings. The van der Waals surface area contributed by atoms with Gasteiger partial charge in [0.1, 0.15) is 18.1 Å². The van der Waals surface area contributed by atoms with Crippen LogP contribution in [0.4, 0.5) is 0 Å². The first-order chi connectivity index (χ1) is 12.1. The van der Waals surface area contributed by atoms with Crippen LogP contribution in [0, 0.1) is 6.92 Å². The molecule has 6 nitrogen and oxygen atoms in total. The average Bonchev–Trinajstić information content (AvgIpc) is 2.64. The van der Waals surface area contributed by atoms with Crippen molar-refractivity contribution in [2.75, 3.05) is 27.3 Å². The fraction of sp³-hybridized carbons (Fsp3) is 0.368. The summed E-state index contributed by atoms with van der Waals surface area (Å²) in [4.78, 5) is 8.28. The third-order valence-electron chi connectivity index (χ3n) is 3.73. The van der Waals surface area contributed by atoms with Crippen LogP contribution in [0.2, 0.25) is 0 Å². The molecule has 1 aromatic carbocycles. The number of aryl methyl sites for hydroxylation is 1. The van der Waals surface area contributed by atoms with E-state index in [2.05, 4.69) is 40.5 Å². The number of benzene rings is 1. The maximum atomic E-state index is 5.61. The molecule has 0 saturated carbocycles. The number of aromatic nitrogens is 1. The van der Waals surface area contributed by atoms with E-state index in [9.17, 15) is 0 Å². The largest absolute Gasteiger partial charge is 0.496 e. The Labute approximate surface area is 149 Å². The van der Waals surface area contributed by atoms with Gasteiger partial charge in [0.2, 0.25) is 0 Å². The van der Waals surface area contributed by atoms with E-state index in [1.165, 1.54) is 5.56 Å². The molecule has 0 spiro atoms. The molecule has 134 valence electrons. The summed E-state index contributed by atoms with van der Waals surface area (Å²) in [5.74, 6) is 2.33. The molecule has 2 N–H and O–H groups in total. The average molecular weight is 342 g/mol. The van der Waals surface area contributed by atoms with Gasteiger partial charge >= 0.3 is 0 Å². The second-order valence-corrected chi connectivity index (χ2v) is 5.65. The van der Waals surface area contributed by atoms with Crippen molar-refractivity contribution in [1.82, 2.24) is 15.6 Å². The molecule has 0 amide bonds. The van der Waals surface area contributed by atoms with Crippen LogP contribution < -0.4 is 20.1 Å². The lowest BCUT2D eigenvalue weighted by Gasteiger charge is -2.20. The predicted octanol–water partition coefficient (Wildman–Crippen LogP) is 2.70. The molecule has 1 unspecified atom stereocenters. The summed E-state index contributed by atoms with van der Waals surface area (Å²) in [6.45, 7) is 5.30. The third kappa shape index (κ3) is 5.67. The molecule has 2 aromatic rings. The molecule has 0 saturated heterocycles. The Hall–Kier alpha value is -2.76. The molecule has 25 heavy (non-hydrogen) atoms. The van der Waals surface area contributed by atoms with E-state index in [1.807, 2.05) is 24.3 Å². The van der Waals surface area contributed by atoms with Gasteiger partial charge in [-0.25, -0.2) is 0 Å². The van der Waals surface area contributed by atoms with Crippen molar-refractivity contribution in [3.63, 3.8) is 0 Å². The van der Waals surface area contributed by atoms with E-state index >= 15 is 0 Å². The summed E-state index contributed by atoms with van der Waals surface area (Å²) in [6.07, 6.45) is 3.41. The maximum Gasteiger partial charge on any atom is 0.191 e. The highest BCUT2D eigenvalue weighted by atomic mass is 16.5. The number of ether oxygens (including phenoxy) is 2. The fourth-order valence-electron chi connectivity index (χ4n) is 2.44. The smallest absolute Gasteiger partial charge is 0.191 e. The van der Waals surface area contributed by atoms with E-state index in [0.717, 1.165) is 17.1 Å². The van der Waals surface area contributed by atoms with Crippen LogP contribution >= 0.6 is 0 Å². The zero-order chi connectivity index (χ0) is 18.1. The molecule has 0 fully saturated rings. The summed E-state index contributed by atoms with van der Waals surface area (Å²) < 4.78 is 11.1. The number of aliphatic imine (C=N–C) groups is 1. The molecule has 2 rings (SSSR count). The Morgan fingerprint density at radius 1 is 1.32 bits per heavy atom. The predicted molar refractivity (Wildman–Crippen MR) is 100 cm³/mol. The van der Waals surface area contributed by atoms with Crippen molar-refractivity contribution in [1.29, 1.82) is 0 Å². The highest BCUT2D eigenvalue weighted by molar-refractivity contribution is 5.80. The van der Waals surface area contributed by atoms with Gasteiger partial charge in [-0.1, -0.05) is 17.7 Å². The molecule has 1 aromatic heterocycles. The SMILES string of the molecule is CN=C(NCCOc1cccnc1)NC(C)c1cc(C)ccc1OC. The molecule has 0 radical (unpaired) electrons. The topological polar surface area (TPSA) is 67.8 Å². The minimum atomic E-state index is 0.0558. The van der Waals surface area contributed by atoms with E-state index in [-0.39, 0.29) is 6.04 Å². The van der Waals surface area contributed by atoms with Crippen LogP contribution in [0.25, 0.3) is 0 Å². The van der Waals surface area contributed by atoms with E-state index in [1.54, 1.807) is 26.6 Å². The number of pyridine rings is 1. The summed E-state index contributed by atoms with van der Waals surface area (Å²) >= 11 is 0. The molecule has 1 heterocycles. The molecule has 0 aliphatic heterocycles. The van der Waals surface area contributed by atoms with Crippen molar-refractivity contribution >= 4 is 5.96 Å². The number of rotatable bonds is 7. The first-order valence-electron chi connectivity index (χ1n) is 8.28. The molecule has 0 aliphatic carbocycles. The minimum absolute atomic E-state index is 0.0558. The lowest BCUT2D eigenvalue weighted by Crippen LogP contribution is -2.40. The van der Waals surface area contributed by atoms with Gasteiger partial charge in [0, 0.05) is 18.8 Å². The van der Waals surface area contributed by atoms with Gasteiger partial charge in [-0.3, -0.25) is 9.98 Å². The van der Waals surface area contributed by atoms with E-state index in [0.29, 0.717) is 19.1 Å². The zero-order valence-electron chi connectivity index (χ0n) is 15.2. The van der Waals surface area contributed by atoms with Gasteiger partial charge in [0.15, 0.2) is 5.96 Å². The van der Waals surface area contributed by atoms with E-state index < -0.39 is 0 Å². The number of nitrogens with one attached hydrogen (secondary N) is 2. The fourth-order valence-corrected chi connectivity index (χ4v) is 2.44. The van der Waals surface area contributed by atoms with Gasteiger partial charge < -0.3 is 20.1 Å². The third-order valence-corrected chi connectivity index (χ3v) is 3.73. The Bertz CT molecular complexity index is 689. The van der Waals surface area contributed by atoms with Crippen molar-refractivity contribution in [3.8, 4) is 11.5 Å². The maximum absolute atomic E-state index is 5.61. The lowest BCUT2D eigenvalue weighted by molar-refractivity contribution is 0.320. The highest BCUT2D eigenvalue weighted by Gasteiger charge is 2.13. The monoisotopic (exact) mass is 342 g/mol. The number of methoxy groups -OCH3 is 1. The number of nitrogens with zero attached hydrogens (tertiary/aromatic N) is 2. The molecular weight excluding hydrogens is 316 g/mol. The first-order valence-corrected chi connectivity index (χ1v) is 8.28. The van der Waals surface area contributed by atoms with Gasteiger partial charge in [-0.15, -0.1) is 0 Å². The standard InChI is InChI=1S/C19H26N4O2/c1-14-7-8-18(24-4)17(12-14)15(2)23-19(20-3)22-10-11-25-16-6-5-9-21-13-16/h5-9,12-13,15H,10-11H2,1-4H3,(H2,20,22,23). The second kappa shape index (κ2) is 9.52. The van der Waals surface area contributed by atoms with Crippen molar-refractivity contribution in [2.24, 2.45) is 4.99 Å². The molecule has 0 bridgehead atoms. The Morgan fingerprint density at radius 2 is 2.16 bits per heavy atom. The molecule has 6 heteroatoms. The Balaban J connectivity index is 1.86. The minimum Gasteiger partial charge on any atom is -0.496 e. The Morgan fingerprint density at radius 3 is 2.84 bits per heavy atom. The highest BCUT2D eigenvalue weighted by Crippen LogP contribution is 2.25. The summed E-state index contributed by atoms with van der Waals surface area (Å²) in [6, 6.07) is 9.93. The van der Waals surface area contributed by atoms with Crippen LogP contribution in [0.5, 0.6) is 11.5 Å². The normalized spacial score (nSPS) is 12.4. The van der Waals surface area contributed by atoms with Crippen molar-refractivity contribution in [3.05, 3.63) is 53.9 Å². The van der Waals surface area contributed by atoms with Gasteiger partial charge in [-0.2, -0.15) is 0 Å². The van der Waals surface area contributed by atoms with Gasteiger partial charge in [0.25, 0.3) is 0 Å². The van der Waals surface area contributed by atoms with Gasteiger partial charge in [0.05, 0.1) is 25.9 Å². The quantitative estimate of drug-likeness (QED) is 0.460. The summed E-state index contributed by atoms with van der Waals surface area (Å²) in [5.41, 5.74) is 2.29. The van der Waals surface area contributed by atoms with Crippen molar-refractivity contribution in [2.45, 2.75) is 19.9 Å². The second-order valence-electron chi connectivity index (χ2n) is 5.65. The molecule has 1 atom stereocenters. The van der Waals surface area contributed by atoms with Crippen molar-refractivity contribution < 1.29 is 9.47 Å². The molecular formula is C19H26N4O2. The number of hydrogen-bond acceptors (Lipinski definition) is 4. The first kappa shape index (κ1) is 18.6.